The van der Waals surface area contributed by atoms with E-state index in [1.54, 1.807) is 17.0 Å². The number of nitrogens with one attached hydrogen (secondary N) is 1. The summed E-state index contributed by atoms with van der Waals surface area (Å²) in [7, 11) is 0. The highest BCUT2D eigenvalue weighted by atomic mass is 32.2. The largest absolute Gasteiger partial charge is 0.355 e. The fourth-order valence-electron chi connectivity index (χ4n) is 3.55. The molecule has 2 amide bonds. The highest BCUT2D eigenvalue weighted by molar-refractivity contribution is 7.99. The first-order valence-electron chi connectivity index (χ1n) is 11.0. The van der Waals surface area contributed by atoms with Crippen LogP contribution in [0.3, 0.4) is 0 Å². The second kappa shape index (κ2) is 12.8. The molecule has 0 bridgehead atoms. The van der Waals surface area contributed by atoms with Gasteiger partial charge in [-0.05, 0) is 35.7 Å². The van der Waals surface area contributed by atoms with Gasteiger partial charge in [-0.2, -0.15) is 0 Å². The molecular weight excluding hydrogens is 435 g/mol. The summed E-state index contributed by atoms with van der Waals surface area (Å²) in [6, 6.07) is 25.1. The van der Waals surface area contributed by atoms with Gasteiger partial charge < -0.3 is 10.2 Å². The number of hydrogen-bond acceptors (Lipinski definition) is 3. The maximum atomic E-state index is 13.4. The van der Waals surface area contributed by atoms with Crippen LogP contribution in [0.15, 0.2) is 84.9 Å². The number of rotatable bonds is 11. The molecule has 0 saturated heterocycles. The number of carbonyl (C=O) groups excluding carboxylic acids is 2. The topological polar surface area (TPSA) is 49.4 Å². The third-order valence-electron chi connectivity index (χ3n) is 5.23. The van der Waals surface area contributed by atoms with E-state index in [1.165, 1.54) is 23.9 Å². The number of hydrogen-bond donors (Lipinski definition) is 1. The zero-order chi connectivity index (χ0) is 23.5. The molecule has 0 aliphatic rings. The summed E-state index contributed by atoms with van der Waals surface area (Å²) in [5.41, 5.74) is 2.92. The van der Waals surface area contributed by atoms with Crippen molar-refractivity contribution in [3.05, 3.63) is 107 Å². The van der Waals surface area contributed by atoms with E-state index in [-0.39, 0.29) is 23.4 Å². The van der Waals surface area contributed by atoms with Crippen LogP contribution in [0.5, 0.6) is 0 Å². The predicted molar refractivity (Wildman–Crippen MR) is 132 cm³/mol. The van der Waals surface area contributed by atoms with Crippen molar-refractivity contribution in [2.45, 2.75) is 31.7 Å². The molecule has 0 radical (unpaired) electrons. The molecule has 3 aromatic rings. The monoisotopic (exact) mass is 464 g/mol. The molecule has 172 valence electrons. The molecular formula is C27H29FN2O2S. The van der Waals surface area contributed by atoms with E-state index in [2.05, 4.69) is 5.32 Å². The highest BCUT2D eigenvalue weighted by Gasteiger charge is 2.29. The van der Waals surface area contributed by atoms with Gasteiger partial charge in [-0.25, -0.2) is 4.39 Å². The van der Waals surface area contributed by atoms with E-state index < -0.39 is 6.04 Å². The quantitative estimate of drug-likeness (QED) is 0.442. The van der Waals surface area contributed by atoms with Crippen molar-refractivity contribution in [3.63, 3.8) is 0 Å². The van der Waals surface area contributed by atoms with Gasteiger partial charge in [-0.1, -0.05) is 72.8 Å². The van der Waals surface area contributed by atoms with Gasteiger partial charge in [0, 0.05) is 25.3 Å². The first-order chi connectivity index (χ1) is 16.1. The fourth-order valence-corrected chi connectivity index (χ4v) is 4.42. The lowest BCUT2D eigenvalue weighted by Crippen LogP contribution is -2.51. The van der Waals surface area contributed by atoms with Crippen LogP contribution in [0, 0.1) is 5.82 Å². The lowest BCUT2D eigenvalue weighted by atomic mass is 10.0. The van der Waals surface area contributed by atoms with E-state index >= 15 is 0 Å². The lowest BCUT2D eigenvalue weighted by molar-refractivity contribution is -0.139. The van der Waals surface area contributed by atoms with Crippen LogP contribution in [0.2, 0.25) is 0 Å². The molecule has 3 aromatic carbocycles. The number of likely N-dealkylation sites (N-methyl/N-ethyl adjacent to an activating group) is 1. The summed E-state index contributed by atoms with van der Waals surface area (Å²) < 4.78 is 13.2. The maximum absolute atomic E-state index is 13.4. The normalized spacial score (nSPS) is 11.6. The van der Waals surface area contributed by atoms with E-state index in [9.17, 15) is 14.0 Å². The molecule has 1 N–H and O–H groups in total. The summed E-state index contributed by atoms with van der Waals surface area (Å²) >= 11 is 1.46. The summed E-state index contributed by atoms with van der Waals surface area (Å²) in [5.74, 6) is 0.289. The zero-order valence-corrected chi connectivity index (χ0v) is 19.6. The third-order valence-corrected chi connectivity index (χ3v) is 6.21. The smallest absolute Gasteiger partial charge is 0.243 e. The minimum absolute atomic E-state index is 0.0989. The Bertz CT molecular complexity index is 1010. The van der Waals surface area contributed by atoms with Gasteiger partial charge in [-0.3, -0.25) is 9.59 Å². The van der Waals surface area contributed by atoms with Gasteiger partial charge in [0.05, 0.1) is 5.75 Å². The first-order valence-corrected chi connectivity index (χ1v) is 12.2. The van der Waals surface area contributed by atoms with E-state index in [1.807, 2.05) is 67.6 Å². The molecule has 6 heteroatoms. The highest BCUT2D eigenvalue weighted by Crippen LogP contribution is 2.18. The van der Waals surface area contributed by atoms with Crippen molar-refractivity contribution >= 4 is 23.6 Å². The number of thioether (sulfide) groups is 1. The Labute approximate surface area is 199 Å². The summed E-state index contributed by atoms with van der Waals surface area (Å²) in [4.78, 5) is 28.1. The first kappa shape index (κ1) is 24.5. The minimum Gasteiger partial charge on any atom is -0.355 e. The van der Waals surface area contributed by atoms with Crippen molar-refractivity contribution < 1.29 is 14.0 Å². The molecule has 0 fully saturated rings. The Morgan fingerprint density at radius 3 is 2.09 bits per heavy atom. The van der Waals surface area contributed by atoms with E-state index in [0.29, 0.717) is 25.3 Å². The van der Waals surface area contributed by atoms with E-state index in [4.69, 9.17) is 0 Å². The van der Waals surface area contributed by atoms with Gasteiger partial charge in [0.25, 0.3) is 0 Å². The summed E-state index contributed by atoms with van der Waals surface area (Å²) in [6.07, 6.45) is 0.438. The van der Waals surface area contributed by atoms with Crippen molar-refractivity contribution in [1.82, 2.24) is 10.2 Å². The fraction of sp³-hybridized carbons (Fsp3) is 0.259. The zero-order valence-electron chi connectivity index (χ0n) is 18.7. The van der Waals surface area contributed by atoms with Crippen LogP contribution in [0.1, 0.15) is 23.6 Å². The number of carbonyl (C=O) groups is 2. The molecule has 0 saturated carbocycles. The molecule has 1 unspecified atom stereocenters. The van der Waals surface area contributed by atoms with Crippen LogP contribution in [-0.4, -0.2) is 35.1 Å². The van der Waals surface area contributed by atoms with Crippen LogP contribution in [0.25, 0.3) is 0 Å². The van der Waals surface area contributed by atoms with Gasteiger partial charge in [-0.15, -0.1) is 11.8 Å². The average molecular weight is 465 g/mol. The van der Waals surface area contributed by atoms with Crippen LogP contribution in [-0.2, 0) is 28.3 Å². The summed E-state index contributed by atoms with van der Waals surface area (Å²) in [6.45, 7) is 2.72. The Hall–Kier alpha value is -3.12. The standard InChI is InChI=1S/C27H29FN2O2S/c1-2-29-27(32)25(17-21-9-5-3-6-10-21)30(18-22-11-7-4-8-12-22)26(31)20-33-19-23-13-15-24(28)16-14-23/h3-16,25H,2,17-20H2,1H3,(H,29,32). The molecule has 0 spiro atoms. The molecule has 0 aliphatic heterocycles. The van der Waals surface area contributed by atoms with E-state index in [0.717, 1.165) is 16.7 Å². The number of benzene rings is 3. The molecule has 0 aliphatic carbocycles. The maximum Gasteiger partial charge on any atom is 0.243 e. The van der Waals surface area contributed by atoms with Gasteiger partial charge in [0.2, 0.25) is 11.8 Å². The molecule has 3 rings (SSSR count). The predicted octanol–water partition coefficient (Wildman–Crippen LogP) is 4.84. The van der Waals surface area contributed by atoms with Gasteiger partial charge >= 0.3 is 0 Å². The Kier molecular flexibility index (Phi) is 9.51. The minimum atomic E-state index is -0.619. The summed E-state index contributed by atoms with van der Waals surface area (Å²) in [5, 5.41) is 2.90. The van der Waals surface area contributed by atoms with Crippen molar-refractivity contribution in [1.29, 1.82) is 0 Å². The van der Waals surface area contributed by atoms with Crippen LogP contribution in [0.4, 0.5) is 4.39 Å². The third kappa shape index (κ3) is 7.75. The number of halogens is 1. The number of nitrogens with zero attached hydrogens (tertiary/aromatic N) is 1. The average Bonchev–Trinajstić information content (AvgIpc) is 2.84. The van der Waals surface area contributed by atoms with Gasteiger partial charge in [0.1, 0.15) is 11.9 Å². The van der Waals surface area contributed by atoms with Crippen molar-refractivity contribution in [2.24, 2.45) is 0 Å². The van der Waals surface area contributed by atoms with Crippen LogP contribution < -0.4 is 5.32 Å². The Morgan fingerprint density at radius 1 is 0.879 bits per heavy atom. The SMILES string of the molecule is CCNC(=O)C(Cc1ccccc1)N(Cc1ccccc1)C(=O)CSCc1ccc(F)cc1. The molecule has 33 heavy (non-hydrogen) atoms. The van der Waals surface area contributed by atoms with Gasteiger partial charge in [0.15, 0.2) is 0 Å². The molecule has 0 aromatic heterocycles. The molecule has 4 nitrogen and oxygen atoms in total. The Balaban J connectivity index is 1.79. The molecule has 1 atom stereocenters. The molecule has 0 heterocycles. The lowest BCUT2D eigenvalue weighted by Gasteiger charge is -2.31. The van der Waals surface area contributed by atoms with Crippen molar-refractivity contribution in [3.8, 4) is 0 Å². The second-order valence-electron chi connectivity index (χ2n) is 7.73. The van der Waals surface area contributed by atoms with Crippen molar-refractivity contribution in [2.75, 3.05) is 12.3 Å². The van der Waals surface area contributed by atoms with Crippen LogP contribution >= 0.6 is 11.8 Å². The number of amides is 2. The second-order valence-corrected chi connectivity index (χ2v) is 8.71. The Morgan fingerprint density at radius 2 is 1.48 bits per heavy atom.